The van der Waals surface area contributed by atoms with Crippen LogP contribution in [0.15, 0.2) is 41.4 Å². The minimum absolute atomic E-state index is 0.371. The number of aryl methyl sites for hydroxylation is 3. The number of carbonyl (C=O) groups is 2. The fraction of sp³-hybridized carbons (Fsp3) is 0.286. The molecule has 0 spiro atoms. The van der Waals surface area contributed by atoms with Gasteiger partial charge in [0.1, 0.15) is 6.04 Å². The van der Waals surface area contributed by atoms with Gasteiger partial charge in [-0.3, -0.25) is 4.79 Å². The standard InChI is InChI=1S/C21H22N2O3S/c1-5-16(20(25)26)23-17-10-13(3)14(4)11-18(17)27-21(23)22-19(24)15-8-6-12(2)7-9-15/h6-11,16H,5H2,1-4H3,(H,25,26)/b22-21-. The summed E-state index contributed by atoms with van der Waals surface area (Å²) in [6, 6.07) is 10.4. The van der Waals surface area contributed by atoms with Crippen molar-refractivity contribution in [3.8, 4) is 0 Å². The Bertz CT molecular complexity index is 1090. The fourth-order valence-corrected chi connectivity index (χ4v) is 4.13. The van der Waals surface area contributed by atoms with Crippen molar-refractivity contribution in [2.24, 2.45) is 4.99 Å². The van der Waals surface area contributed by atoms with Crippen LogP contribution in [0.5, 0.6) is 0 Å². The molecule has 1 atom stereocenters. The van der Waals surface area contributed by atoms with E-state index >= 15 is 0 Å². The van der Waals surface area contributed by atoms with E-state index in [0.29, 0.717) is 16.8 Å². The summed E-state index contributed by atoms with van der Waals surface area (Å²) in [6.07, 6.45) is 0.403. The van der Waals surface area contributed by atoms with Crippen molar-refractivity contribution < 1.29 is 14.7 Å². The first-order valence-corrected chi connectivity index (χ1v) is 9.64. The van der Waals surface area contributed by atoms with Gasteiger partial charge in [0.2, 0.25) is 0 Å². The predicted molar refractivity (Wildman–Crippen MR) is 107 cm³/mol. The molecule has 1 unspecified atom stereocenters. The Kier molecular flexibility index (Phi) is 5.28. The summed E-state index contributed by atoms with van der Waals surface area (Å²) < 4.78 is 2.61. The Morgan fingerprint density at radius 2 is 1.74 bits per heavy atom. The molecule has 0 fully saturated rings. The van der Waals surface area contributed by atoms with Crippen LogP contribution >= 0.6 is 11.3 Å². The van der Waals surface area contributed by atoms with Gasteiger partial charge in [0.05, 0.1) is 10.2 Å². The van der Waals surface area contributed by atoms with E-state index in [9.17, 15) is 14.7 Å². The maximum atomic E-state index is 12.6. The van der Waals surface area contributed by atoms with E-state index in [1.54, 1.807) is 16.7 Å². The van der Waals surface area contributed by atoms with Crippen molar-refractivity contribution in [3.63, 3.8) is 0 Å². The van der Waals surface area contributed by atoms with E-state index in [1.807, 2.05) is 52.0 Å². The second-order valence-corrected chi connectivity index (χ2v) is 7.71. The number of benzene rings is 2. The van der Waals surface area contributed by atoms with E-state index in [4.69, 9.17) is 0 Å². The highest BCUT2D eigenvalue weighted by Crippen LogP contribution is 2.26. The minimum Gasteiger partial charge on any atom is -0.480 e. The highest BCUT2D eigenvalue weighted by Gasteiger charge is 2.22. The summed E-state index contributed by atoms with van der Waals surface area (Å²) in [5.41, 5.74) is 4.54. The lowest BCUT2D eigenvalue weighted by atomic mass is 10.1. The molecule has 0 aliphatic heterocycles. The van der Waals surface area contributed by atoms with Crippen molar-refractivity contribution in [3.05, 3.63) is 63.5 Å². The summed E-state index contributed by atoms with van der Waals surface area (Å²) in [6.45, 7) is 7.78. The Morgan fingerprint density at radius 3 is 2.33 bits per heavy atom. The molecule has 3 rings (SSSR count). The predicted octanol–water partition coefficient (Wildman–Crippen LogP) is 4.40. The van der Waals surface area contributed by atoms with Crippen molar-refractivity contribution in [2.45, 2.75) is 40.2 Å². The number of aromatic nitrogens is 1. The van der Waals surface area contributed by atoms with Crippen molar-refractivity contribution in [1.29, 1.82) is 0 Å². The molecule has 0 aliphatic carbocycles. The van der Waals surface area contributed by atoms with Crippen LogP contribution in [-0.2, 0) is 4.79 Å². The van der Waals surface area contributed by atoms with E-state index < -0.39 is 12.0 Å². The lowest BCUT2D eigenvalue weighted by Gasteiger charge is -2.14. The van der Waals surface area contributed by atoms with Gasteiger partial charge in [-0.1, -0.05) is 36.0 Å². The molecule has 2 aromatic carbocycles. The quantitative estimate of drug-likeness (QED) is 0.727. The molecule has 0 bridgehead atoms. The Hall–Kier alpha value is -2.73. The molecular weight excluding hydrogens is 360 g/mol. The number of amides is 1. The molecule has 1 heterocycles. The molecule has 27 heavy (non-hydrogen) atoms. The topological polar surface area (TPSA) is 71.7 Å². The minimum atomic E-state index is -0.931. The monoisotopic (exact) mass is 382 g/mol. The summed E-state index contributed by atoms with van der Waals surface area (Å²) in [7, 11) is 0. The van der Waals surface area contributed by atoms with Crippen LogP contribution in [0.25, 0.3) is 10.2 Å². The molecule has 5 nitrogen and oxygen atoms in total. The SMILES string of the molecule is CCC(C(=O)O)n1/c(=N/C(=O)c2ccc(C)cc2)sc2cc(C)c(C)cc21. The van der Waals surface area contributed by atoms with E-state index in [0.717, 1.165) is 26.9 Å². The molecule has 140 valence electrons. The van der Waals surface area contributed by atoms with Gasteiger partial charge < -0.3 is 9.67 Å². The van der Waals surface area contributed by atoms with Gasteiger partial charge in [-0.25, -0.2) is 4.79 Å². The zero-order chi connectivity index (χ0) is 19.7. The Labute approximate surface area is 161 Å². The first-order valence-electron chi connectivity index (χ1n) is 8.82. The number of thiazole rings is 1. The first kappa shape index (κ1) is 19.0. The maximum absolute atomic E-state index is 12.6. The maximum Gasteiger partial charge on any atom is 0.326 e. The van der Waals surface area contributed by atoms with Crippen LogP contribution < -0.4 is 4.80 Å². The molecule has 3 aromatic rings. The smallest absolute Gasteiger partial charge is 0.326 e. The summed E-state index contributed by atoms with van der Waals surface area (Å²) in [5, 5.41) is 9.69. The summed E-state index contributed by atoms with van der Waals surface area (Å²) in [5.74, 6) is -1.30. The summed E-state index contributed by atoms with van der Waals surface area (Å²) >= 11 is 1.35. The third-order valence-electron chi connectivity index (χ3n) is 4.72. The third kappa shape index (κ3) is 3.71. The number of fused-ring (bicyclic) bond motifs is 1. The molecular formula is C21H22N2O3S. The molecule has 1 aromatic heterocycles. The van der Waals surface area contributed by atoms with Gasteiger partial charge >= 0.3 is 5.97 Å². The number of carbonyl (C=O) groups excluding carboxylic acids is 1. The van der Waals surface area contributed by atoms with Crippen molar-refractivity contribution in [2.75, 3.05) is 0 Å². The van der Waals surface area contributed by atoms with Crippen LogP contribution in [0.4, 0.5) is 0 Å². The molecule has 0 radical (unpaired) electrons. The lowest BCUT2D eigenvalue weighted by molar-refractivity contribution is -0.140. The van der Waals surface area contributed by atoms with Crippen LogP contribution in [-0.4, -0.2) is 21.6 Å². The fourth-order valence-electron chi connectivity index (χ4n) is 2.99. The molecule has 1 amide bonds. The van der Waals surface area contributed by atoms with Crippen molar-refractivity contribution >= 4 is 33.4 Å². The van der Waals surface area contributed by atoms with Crippen LogP contribution in [0, 0.1) is 20.8 Å². The van der Waals surface area contributed by atoms with Crippen LogP contribution in [0.3, 0.4) is 0 Å². The van der Waals surface area contributed by atoms with Crippen LogP contribution in [0.2, 0.25) is 0 Å². The first-order chi connectivity index (χ1) is 12.8. The van der Waals surface area contributed by atoms with Gasteiger partial charge in [-0.05, 0) is 62.6 Å². The number of rotatable bonds is 4. The largest absolute Gasteiger partial charge is 0.480 e. The third-order valence-corrected chi connectivity index (χ3v) is 5.74. The Balaban J connectivity index is 2.26. The van der Waals surface area contributed by atoms with Gasteiger partial charge in [0.25, 0.3) is 5.91 Å². The number of aliphatic carboxylic acids is 1. The van der Waals surface area contributed by atoms with Gasteiger partial charge in [0, 0.05) is 5.56 Å². The number of hydrogen-bond acceptors (Lipinski definition) is 3. The van der Waals surface area contributed by atoms with E-state index in [2.05, 4.69) is 4.99 Å². The zero-order valence-electron chi connectivity index (χ0n) is 15.8. The number of nitrogens with zero attached hydrogens (tertiary/aromatic N) is 2. The average molecular weight is 382 g/mol. The molecule has 1 N–H and O–H groups in total. The second kappa shape index (κ2) is 7.48. The molecule has 0 saturated heterocycles. The van der Waals surface area contributed by atoms with Gasteiger partial charge in [-0.15, -0.1) is 0 Å². The highest BCUT2D eigenvalue weighted by molar-refractivity contribution is 7.16. The van der Waals surface area contributed by atoms with E-state index in [1.165, 1.54) is 11.3 Å². The van der Waals surface area contributed by atoms with E-state index in [-0.39, 0.29) is 5.91 Å². The zero-order valence-corrected chi connectivity index (χ0v) is 16.6. The normalized spacial score (nSPS) is 13.1. The Morgan fingerprint density at radius 1 is 1.11 bits per heavy atom. The summed E-state index contributed by atoms with van der Waals surface area (Å²) in [4.78, 5) is 29.2. The molecule has 0 aliphatic rings. The number of carboxylic acid groups (broad SMARTS) is 1. The van der Waals surface area contributed by atoms with Gasteiger partial charge in [-0.2, -0.15) is 4.99 Å². The van der Waals surface area contributed by atoms with Crippen LogP contribution in [0.1, 0.15) is 46.4 Å². The lowest BCUT2D eigenvalue weighted by Crippen LogP contribution is -2.27. The average Bonchev–Trinajstić information content (AvgIpc) is 2.93. The molecule has 0 saturated carbocycles. The number of carboxylic acids is 1. The van der Waals surface area contributed by atoms with Crippen molar-refractivity contribution in [1.82, 2.24) is 4.57 Å². The molecule has 6 heteroatoms. The van der Waals surface area contributed by atoms with Gasteiger partial charge in [0.15, 0.2) is 4.80 Å². The highest BCUT2D eigenvalue weighted by atomic mass is 32.1. The second-order valence-electron chi connectivity index (χ2n) is 6.70. The number of hydrogen-bond donors (Lipinski definition) is 1.